The van der Waals surface area contributed by atoms with Crippen LogP contribution in [0, 0.1) is 5.92 Å². The van der Waals surface area contributed by atoms with Crippen molar-refractivity contribution in [2.45, 2.75) is 45.2 Å². The van der Waals surface area contributed by atoms with Gasteiger partial charge in [-0.1, -0.05) is 37.3 Å². The molecule has 18 heavy (non-hydrogen) atoms. The van der Waals surface area contributed by atoms with Gasteiger partial charge in [0.25, 0.3) is 0 Å². The van der Waals surface area contributed by atoms with Crippen LogP contribution < -0.4 is 5.73 Å². The second-order valence-electron chi connectivity index (χ2n) is 5.84. The molecule has 2 nitrogen and oxygen atoms in total. The van der Waals surface area contributed by atoms with Gasteiger partial charge in [-0.25, -0.2) is 0 Å². The molecule has 1 aromatic carbocycles. The van der Waals surface area contributed by atoms with Gasteiger partial charge in [-0.15, -0.1) is 0 Å². The van der Waals surface area contributed by atoms with Gasteiger partial charge in [0.15, 0.2) is 0 Å². The number of nitrogens with two attached hydrogens (primary N) is 1. The summed E-state index contributed by atoms with van der Waals surface area (Å²) < 4.78 is 0. The second-order valence-corrected chi connectivity index (χ2v) is 5.84. The van der Waals surface area contributed by atoms with E-state index in [1.54, 1.807) is 0 Å². The minimum atomic E-state index is 0.196. The van der Waals surface area contributed by atoms with Gasteiger partial charge < -0.3 is 10.6 Å². The lowest BCUT2D eigenvalue weighted by molar-refractivity contribution is 0.257. The van der Waals surface area contributed by atoms with E-state index < -0.39 is 0 Å². The van der Waals surface area contributed by atoms with Gasteiger partial charge in [-0.2, -0.15) is 0 Å². The molecule has 1 aromatic rings. The first-order valence-corrected chi connectivity index (χ1v) is 7.21. The van der Waals surface area contributed by atoms with E-state index in [0.29, 0.717) is 0 Å². The summed E-state index contributed by atoms with van der Waals surface area (Å²) >= 11 is 0. The molecule has 0 spiro atoms. The number of nitrogens with zero attached hydrogens (tertiary/aromatic N) is 1. The monoisotopic (exact) mass is 246 g/mol. The zero-order chi connectivity index (χ0) is 13.0. The second kappa shape index (κ2) is 6.35. The van der Waals surface area contributed by atoms with Crippen LogP contribution in [0.4, 0.5) is 0 Å². The van der Waals surface area contributed by atoms with Gasteiger partial charge in [-0.3, -0.25) is 0 Å². The Bertz CT molecular complexity index is 349. The van der Waals surface area contributed by atoms with Crippen LogP contribution in [-0.4, -0.2) is 24.0 Å². The number of hydrogen-bond donors (Lipinski definition) is 1. The molecule has 100 valence electrons. The predicted molar refractivity (Wildman–Crippen MR) is 77.4 cm³/mol. The fourth-order valence-electron chi connectivity index (χ4n) is 3.08. The van der Waals surface area contributed by atoms with Gasteiger partial charge in [0.1, 0.15) is 0 Å². The van der Waals surface area contributed by atoms with Gasteiger partial charge in [-0.05, 0) is 44.2 Å². The minimum Gasteiger partial charge on any atom is -0.324 e. The first-order valence-electron chi connectivity index (χ1n) is 7.21. The van der Waals surface area contributed by atoms with Crippen LogP contribution in [0.2, 0.25) is 0 Å². The Labute approximate surface area is 111 Å². The van der Waals surface area contributed by atoms with Crippen LogP contribution in [0.25, 0.3) is 0 Å². The molecule has 1 saturated heterocycles. The molecule has 2 N–H and O–H groups in total. The highest BCUT2D eigenvalue weighted by Gasteiger charge is 2.25. The largest absolute Gasteiger partial charge is 0.324 e. The highest BCUT2D eigenvalue weighted by atomic mass is 15.2. The van der Waals surface area contributed by atoms with Crippen molar-refractivity contribution in [3.8, 4) is 0 Å². The summed E-state index contributed by atoms with van der Waals surface area (Å²) in [7, 11) is 0. The maximum atomic E-state index is 6.22. The smallest absolute Gasteiger partial charge is 0.0295 e. The number of likely N-dealkylation sites (tertiary alicyclic amines) is 1. The van der Waals surface area contributed by atoms with Crippen molar-refractivity contribution >= 4 is 0 Å². The van der Waals surface area contributed by atoms with E-state index in [1.165, 1.54) is 31.5 Å². The van der Waals surface area contributed by atoms with Crippen molar-refractivity contribution in [1.82, 2.24) is 4.90 Å². The van der Waals surface area contributed by atoms with Crippen molar-refractivity contribution < 1.29 is 0 Å². The lowest BCUT2D eigenvalue weighted by atomic mass is 10.0. The van der Waals surface area contributed by atoms with E-state index in [-0.39, 0.29) is 6.04 Å². The molecular weight excluding hydrogens is 220 g/mol. The van der Waals surface area contributed by atoms with Crippen molar-refractivity contribution in [3.63, 3.8) is 0 Å². The number of hydrogen-bond acceptors (Lipinski definition) is 2. The summed E-state index contributed by atoms with van der Waals surface area (Å²) in [5.41, 5.74) is 7.49. The van der Waals surface area contributed by atoms with Gasteiger partial charge in [0, 0.05) is 18.6 Å². The standard InChI is InChI=1S/C16H26N2/c1-13-11-14(2)18(12-13)10-6-9-16(17)15-7-4-3-5-8-15/h3-5,7-8,13-14,16H,6,9-12,17H2,1-2H3. The quantitative estimate of drug-likeness (QED) is 0.864. The molecule has 0 bridgehead atoms. The van der Waals surface area contributed by atoms with Crippen molar-refractivity contribution in [1.29, 1.82) is 0 Å². The van der Waals surface area contributed by atoms with Crippen LogP contribution in [0.3, 0.4) is 0 Å². The predicted octanol–water partition coefficient (Wildman–Crippen LogP) is 3.20. The molecule has 1 heterocycles. The summed E-state index contributed by atoms with van der Waals surface area (Å²) in [6.07, 6.45) is 3.64. The van der Waals surface area contributed by atoms with Crippen LogP contribution in [0.15, 0.2) is 30.3 Å². The first-order chi connectivity index (χ1) is 8.66. The molecule has 0 aliphatic carbocycles. The fraction of sp³-hybridized carbons (Fsp3) is 0.625. The highest BCUT2D eigenvalue weighted by Crippen LogP contribution is 2.23. The third-order valence-electron chi connectivity index (χ3n) is 4.10. The summed E-state index contributed by atoms with van der Waals surface area (Å²) in [5.74, 6) is 0.864. The van der Waals surface area contributed by atoms with Crippen molar-refractivity contribution in [2.75, 3.05) is 13.1 Å². The summed E-state index contributed by atoms with van der Waals surface area (Å²) in [6, 6.07) is 11.4. The lowest BCUT2D eigenvalue weighted by Gasteiger charge is -2.21. The SMILES string of the molecule is CC1CC(C)N(CCCC(N)c2ccccc2)C1. The Morgan fingerprint density at radius 2 is 2.00 bits per heavy atom. The molecular formula is C16H26N2. The molecule has 1 aliphatic heterocycles. The van der Waals surface area contributed by atoms with Crippen LogP contribution in [0.5, 0.6) is 0 Å². The molecule has 3 atom stereocenters. The molecule has 2 heteroatoms. The first kappa shape index (κ1) is 13.6. The third kappa shape index (κ3) is 3.56. The summed E-state index contributed by atoms with van der Waals surface area (Å²) in [6.45, 7) is 7.17. The minimum absolute atomic E-state index is 0.196. The average Bonchev–Trinajstić information content (AvgIpc) is 2.69. The zero-order valence-electron chi connectivity index (χ0n) is 11.7. The van der Waals surface area contributed by atoms with Crippen molar-refractivity contribution in [3.05, 3.63) is 35.9 Å². The molecule has 1 fully saturated rings. The van der Waals surface area contributed by atoms with Gasteiger partial charge in [0.2, 0.25) is 0 Å². The van der Waals surface area contributed by atoms with Crippen LogP contribution in [-0.2, 0) is 0 Å². The van der Waals surface area contributed by atoms with E-state index in [9.17, 15) is 0 Å². The summed E-state index contributed by atoms with van der Waals surface area (Å²) in [4.78, 5) is 2.61. The molecule has 2 rings (SSSR count). The Kier molecular flexibility index (Phi) is 4.79. The Balaban J connectivity index is 1.72. The maximum absolute atomic E-state index is 6.22. The molecule has 0 saturated carbocycles. The van der Waals surface area contributed by atoms with E-state index >= 15 is 0 Å². The molecule has 1 aliphatic rings. The van der Waals surface area contributed by atoms with Crippen LogP contribution >= 0.6 is 0 Å². The van der Waals surface area contributed by atoms with Crippen LogP contribution in [0.1, 0.15) is 44.7 Å². The highest BCUT2D eigenvalue weighted by molar-refractivity contribution is 5.18. The van der Waals surface area contributed by atoms with E-state index in [0.717, 1.165) is 18.4 Å². The van der Waals surface area contributed by atoms with Gasteiger partial charge in [0.05, 0.1) is 0 Å². The average molecular weight is 246 g/mol. The lowest BCUT2D eigenvalue weighted by Crippen LogP contribution is -2.28. The Morgan fingerprint density at radius 1 is 1.28 bits per heavy atom. The molecule has 3 unspecified atom stereocenters. The molecule has 0 amide bonds. The topological polar surface area (TPSA) is 29.3 Å². The Morgan fingerprint density at radius 3 is 2.61 bits per heavy atom. The molecule has 0 aromatic heterocycles. The number of benzene rings is 1. The normalized spacial score (nSPS) is 26.4. The maximum Gasteiger partial charge on any atom is 0.0295 e. The zero-order valence-corrected chi connectivity index (χ0v) is 11.7. The summed E-state index contributed by atoms with van der Waals surface area (Å²) in [5, 5.41) is 0. The third-order valence-corrected chi connectivity index (χ3v) is 4.10. The Hall–Kier alpha value is -0.860. The number of rotatable bonds is 5. The van der Waals surface area contributed by atoms with E-state index in [1.807, 2.05) is 6.07 Å². The van der Waals surface area contributed by atoms with E-state index in [4.69, 9.17) is 5.73 Å². The van der Waals surface area contributed by atoms with Gasteiger partial charge >= 0.3 is 0 Å². The van der Waals surface area contributed by atoms with Crippen molar-refractivity contribution in [2.24, 2.45) is 11.7 Å². The fourth-order valence-corrected chi connectivity index (χ4v) is 3.08. The van der Waals surface area contributed by atoms with E-state index in [2.05, 4.69) is 43.0 Å². The molecule has 0 radical (unpaired) electrons.